The predicted octanol–water partition coefficient (Wildman–Crippen LogP) is 3.50. The molecule has 2 saturated carbocycles. The highest BCUT2D eigenvalue weighted by Gasteiger charge is 2.37. The maximum Gasteiger partial charge on any atom is 0.0736 e. The molecule has 2 rings (SSSR count). The third kappa shape index (κ3) is 3.69. The molecule has 2 unspecified atom stereocenters. The van der Waals surface area contributed by atoms with E-state index in [1.54, 1.807) is 0 Å². The summed E-state index contributed by atoms with van der Waals surface area (Å²) >= 11 is 0. The van der Waals surface area contributed by atoms with Crippen LogP contribution < -0.4 is 5.32 Å². The highest BCUT2D eigenvalue weighted by molar-refractivity contribution is 4.91. The topological polar surface area (TPSA) is 21.3 Å². The van der Waals surface area contributed by atoms with E-state index in [1.807, 2.05) is 0 Å². The molecule has 0 aliphatic heterocycles. The molecule has 0 aromatic carbocycles. The summed E-state index contributed by atoms with van der Waals surface area (Å²) in [6.45, 7) is 8.15. The lowest BCUT2D eigenvalue weighted by atomic mass is 9.73. The van der Waals surface area contributed by atoms with E-state index in [0.29, 0.717) is 23.7 Å². The second-order valence-corrected chi connectivity index (χ2v) is 6.70. The van der Waals surface area contributed by atoms with Gasteiger partial charge in [0.2, 0.25) is 0 Å². The van der Waals surface area contributed by atoms with Crippen molar-refractivity contribution >= 4 is 0 Å². The first-order valence-electron chi connectivity index (χ1n) is 7.49. The quantitative estimate of drug-likeness (QED) is 0.793. The number of hydrogen-bond donors (Lipinski definition) is 1. The standard InChI is InChI=1S/C15H29NO/c1-4-10-16-13-8-9-15(2,3)11-14(13)17-12-6-5-7-12/h12-14,16H,4-11H2,1-3H3. The third-order valence-corrected chi connectivity index (χ3v) is 4.41. The van der Waals surface area contributed by atoms with Crippen molar-refractivity contribution in [2.24, 2.45) is 5.41 Å². The Bertz CT molecular complexity index is 235. The van der Waals surface area contributed by atoms with E-state index in [4.69, 9.17) is 4.74 Å². The van der Waals surface area contributed by atoms with Crippen LogP contribution >= 0.6 is 0 Å². The van der Waals surface area contributed by atoms with E-state index >= 15 is 0 Å². The summed E-state index contributed by atoms with van der Waals surface area (Å²) in [5, 5.41) is 3.69. The lowest BCUT2D eigenvalue weighted by Gasteiger charge is -2.43. The maximum atomic E-state index is 6.31. The third-order valence-electron chi connectivity index (χ3n) is 4.41. The van der Waals surface area contributed by atoms with Gasteiger partial charge in [0.15, 0.2) is 0 Å². The molecule has 0 radical (unpaired) electrons. The van der Waals surface area contributed by atoms with Gasteiger partial charge in [0.25, 0.3) is 0 Å². The summed E-state index contributed by atoms with van der Waals surface area (Å²) in [5.41, 5.74) is 0.471. The summed E-state index contributed by atoms with van der Waals surface area (Å²) in [6.07, 6.45) is 10.0. The smallest absolute Gasteiger partial charge is 0.0736 e. The van der Waals surface area contributed by atoms with Crippen molar-refractivity contribution in [3.05, 3.63) is 0 Å². The molecule has 2 nitrogen and oxygen atoms in total. The zero-order valence-electron chi connectivity index (χ0n) is 11.8. The molecule has 17 heavy (non-hydrogen) atoms. The first-order chi connectivity index (χ1) is 8.11. The molecular formula is C15H29NO. The number of ether oxygens (including phenoxy) is 1. The molecule has 0 aromatic rings. The minimum atomic E-state index is 0.454. The minimum Gasteiger partial charge on any atom is -0.373 e. The van der Waals surface area contributed by atoms with Crippen LogP contribution in [0.1, 0.15) is 65.7 Å². The van der Waals surface area contributed by atoms with E-state index in [1.165, 1.54) is 44.9 Å². The summed E-state index contributed by atoms with van der Waals surface area (Å²) in [6, 6.07) is 0.601. The van der Waals surface area contributed by atoms with Crippen molar-refractivity contribution < 1.29 is 4.74 Å². The van der Waals surface area contributed by atoms with Crippen molar-refractivity contribution in [1.29, 1.82) is 0 Å². The molecule has 0 heterocycles. The molecule has 0 spiro atoms. The van der Waals surface area contributed by atoms with Crippen molar-refractivity contribution in [2.45, 2.75) is 84.0 Å². The van der Waals surface area contributed by atoms with Crippen molar-refractivity contribution in [1.82, 2.24) is 5.32 Å². The Labute approximate surface area is 107 Å². The Balaban J connectivity index is 1.88. The van der Waals surface area contributed by atoms with Gasteiger partial charge in [-0.3, -0.25) is 0 Å². The molecule has 0 saturated heterocycles. The van der Waals surface area contributed by atoms with Crippen LogP contribution in [-0.4, -0.2) is 24.8 Å². The average molecular weight is 239 g/mol. The number of hydrogen-bond acceptors (Lipinski definition) is 2. The highest BCUT2D eigenvalue weighted by atomic mass is 16.5. The molecule has 2 heteroatoms. The van der Waals surface area contributed by atoms with Gasteiger partial charge < -0.3 is 10.1 Å². The fraction of sp³-hybridized carbons (Fsp3) is 1.00. The Morgan fingerprint density at radius 3 is 2.59 bits per heavy atom. The largest absolute Gasteiger partial charge is 0.373 e. The Morgan fingerprint density at radius 2 is 2.00 bits per heavy atom. The van der Waals surface area contributed by atoms with Crippen LogP contribution in [0.3, 0.4) is 0 Å². The monoisotopic (exact) mass is 239 g/mol. The number of nitrogens with one attached hydrogen (secondary N) is 1. The fourth-order valence-electron chi connectivity index (χ4n) is 2.98. The number of rotatable bonds is 5. The molecule has 2 aliphatic rings. The van der Waals surface area contributed by atoms with E-state index < -0.39 is 0 Å². The van der Waals surface area contributed by atoms with Gasteiger partial charge in [-0.15, -0.1) is 0 Å². The van der Waals surface area contributed by atoms with Gasteiger partial charge in [0.1, 0.15) is 0 Å². The highest BCUT2D eigenvalue weighted by Crippen LogP contribution is 2.38. The van der Waals surface area contributed by atoms with Gasteiger partial charge >= 0.3 is 0 Å². The van der Waals surface area contributed by atoms with Gasteiger partial charge in [-0.25, -0.2) is 0 Å². The van der Waals surface area contributed by atoms with Crippen molar-refractivity contribution in [2.75, 3.05) is 6.54 Å². The van der Waals surface area contributed by atoms with Crippen LogP contribution in [0.15, 0.2) is 0 Å². The second-order valence-electron chi connectivity index (χ2n) is 6.70. The summed E-state index contributed by atoms with van der Waals surface area (Å²) in [5.74, 6) is 0. The first kappa shape index (κ1) is 13.4. The van der Waals surface area contributed by atoms with Crippen LogP contribution in [0.2, 0.25) is 0 Å². The zero-order chi connectivity index (χ0) is 12.3. The van der Waals surface area contributed by atoms with Crippen LogP contribution in [0.4, 0.5) is 0 Å². The minimum absolute atomic E-state index is 0.454. The fourth-order valence-corrected chi connectivity index (χ4v) is 2.98. The molecule has 2 fully saturated rings. The van der Waals surface area contributed by atoms with Crippen LogP contribution in [0.5, 0.6) is 0 Å². The van der Waals surface area contributed by atoms with Crippen LogP contribution in [0.25, 0.3) is 0 Å². The van der Waals surface area contributed by atoms with Crippen molar-refractivity contribution in [3.8, 4) is 0 Å². The predicted molar refractivity (Wildman–Crippen MR) is 72.2 cm³/mol. The summed E-state index contributed by atoms with van der Waals surface area (Å²) < 4.78 is 6.31. The maximum absolute atomic E-state index is 6.31. The molecule has 0 amide bonds. The summed E-state index contributed by atoms with van der Waals surface area (Å²) in [7, 11) is 0. The van der Waals surface area contributed by atoms with E-state index in [-0.39, 0.29) is 0 Å². The van der Waals surface area contributed by atoms with Crippen molar-refractivity contribution in [3.63, 3.8) is 0 Å². The van der Waals surface area contributed by atoms with Gasteiger partial charge in [0, 0.05) is 6.04 Å². The lowest BCUT2D eigenvalue weighted by molar-refractivity contribution is -0.0964. The van der Waals surface area contributed by atoms with Gasteiger partial charge in [-0.05, 0) is 56.9 Å². The molecule has 0 aromatic heterocycles. The SMILES string of the molecule is CCCNC1CCC(C)(C)CC1OC1CCC1. The first-order valence-corrected chi connectivity index (χ1v) is 7.49. The van der Waals surface area contributed by atoms with Gasteiger partial charge in [0.05, 0.1) is 12.2 Å². The van der Waals surface area contributed by atoms with Crippen LogP contribution in [-0.2, 0) is 4.74 Å². The van der Waals surface area contributed by atoms with Gasteiger partial charge in [-0.1, -0.05) is 20.8 Å². The lowest BCUT2D eigenvalue weighted by Crippen LogP contribution is -2.49. The average Bonchev–Trinajstić information content (AvgIpc) is 2.21. The molecule has 2 aliphatic carbocycles. The molecule has 0 bridgehead atoms. The molecule has 2 atom stereocenters. The van der Waals surface area contributed by atoms with Gasteiger partial charge in [-0.2, -0.15) is 0 Å². The van der Waals surface area contributed by atoms with Crippen LogP contribution in [0, 0.1) is 5.41 Å². The van der Waals surface area contributed by atoms with E-state index in [0.717, 1.165) is 6.54 Å². The second kappa shape index (κ2) is 5.71. The Kier molecular flexibility index (Phi) is 4.48. The Morgan fingerprint density at radius 1 is 1.24 bits per heavy atom. The zero-order valence-corrected chi connectivity index (χ0v) is 11.8. The normalized spacial score (nSPS) is 33.4. The summed E-state index contributed by atoms with van der Waals surface area (Å²) in [4.78, 5) is 0. The molecule has 100 valence electrons. The molecular weight excluding hydrogens is 210 g/mol. The van der Waals surface area contributed by atoms with E-state index in [2.05, 4.69) is 26.1 Å². The van der Waals surface area contributed by atoms with E-state index in [9.17, 15) is 0 Å². The Hall–Kier alpha value is -0.0800. The molecule has 1 N–H and O–H groups in total.